The third-order valence-corrected chi connectivity index (χ3v) is 2.43. The highest BCUT2D eigenvalue weighted by Gasteiger charge is 2.03. The molecule has 0 N–H and O–H groups in total. The van der Waals surface area contributed by atoms with E-state index in [1.165, 1.54) is 5.56 Å². The first kappa shape index (κ1) is 13.8. The van der Waals surface area contributed by atoms with Crippen molar-refractivity contribution in [3.05, 3.63) is 42.5 Å². The number of ether oxygens (including phenoxy) is 2. The maximum Gasteiger partial charge on any atom is 0.196 e. The fourth-order valence-corrected chi connectivity index (χ4v) is 1.53. The fraction of sp³-hybridized carbons (Fsp3) is 0.467. The van der Waals surface area contributed by atoms with E-state index in [0.717, 1.165) is 31.6 Å². The maximum atomic E-state index is 5.69. The van der Waals surface area contributed by atoms with Crippen LogP contribution in [-0.2, 0) is 11.2 Å². The zero-order chi connectivity index (χ0) is 12.5. The molecule has 1 aromatic rings. The molecule has 1 aromatic carbocycles. The Kier molecular flexibility index (Phi) is 6.41. The SMILES string of the molecule is C=CCc1cccc(OC(C)OCCCC)c1. The summed E-state index contributed by atoms with van der Waals surface area (Å²) in [5.41, 5.74) is 1.21. The summed E-state index contributed by atoms with van der Waals surface area (Å²) in [6, 6.07) is 8.04. The van der Waals surface area contributed by atoms with Gasteiger partial charge in [-0.1, -0.05) is 31.6 Å². The lowest BCUT2D eigenvalue weighted by Crippen LogP contribution is -2.16. The Morgan fingerprint density at radius 3 is 2.94 bits per heavy atom. The van der Waals surface area contributed by atoms with Crippen LogP contribution in [0, 0.1) is 0 Å². The molecular formula is C15H22O2. The summed E-state index contributed by atoms with van der Waals surface area (Å²) >= 11 is 0. The highest BCUT2D eigenvalue weighted by atomic mass is 16.7. The molecule has 2 nitrogen and oxygen atoms in total. The van der Waals surface area contributed by atoms with Crippen LogP contribution in [0.4, 0.5) is 0 Å². The molecule has 17 heavy (non-hydrogen) atoms. The molecule has 0 heterocycles. The van der Waals surface area contributed by atoms with Crippen molar-refractivity contribution in [3.8, 4) is 5.75 Å². The second-order valence-corrected chi connectivity index (χ2v) is 4.05. The molecule has 0 saturated carbocycles. The molecule has 0 aliphatic heterocycles. The van der Waals surface area contributed by atoms with Crippen LogP contribution in [0.5, 0.6) is 5.75 Å². The minimum Gasteiger partial charge on any atom is -0.465 e. The first-order valence-corrected chi connectivity index (χ1v) is 6.24. The summed E-state index contributed by atoms with van der Waals surface area (Å²) in [4.78, 5) is 0. The third-order valence-electron chi connectivity index (χ3n) is 2.43. The van der Waals surface area contributed by atoms with Crippen molar-refractivity contribution in [2.75, 3.05) is 6.61 Å². The van der Waals surface area contributed by atoms with Crippen molar-refractivity contribution < 1.29 is 9.47 Å². The first-order chi connectivity index (χ1) is 8.26. The summed E-state index contributed by atoms with van der Waals surface area (Å²) in [6.45, 7) is 8.56. The summed E-state index contributed by atoms with van der Waals surface area (Å²) in [5.74, 6) is 0.855. The van der Waals surface area contributed by atoms with Crippen molar-refractivity contribution in [1.82, 2.24) is 0 Å². The zero-order valence-electron chi connectivity index (χ0n) is 10.8. The molecule has 0 saturated heterocycles. The normalized spacial score (nSPS) is 12.1. The van der Waals surface area contributed by atoms with E-state index in [-0.39, 0.29) is 6.29 Å². The van der Waals surface area contributed by atoms with Crippen LogP contribution in [0.2, 0.25) is 0 Å². The maximum absolute atomic E-state index is 5.69. The number of benzene rings is 1. The van der Waals surface area contributed by atoms with E-state index in [1.54, 1.807) is 0 Å². The van der Waals surface area contributed by atoms with Gasteiger partial charge in [-0.25, -0.2) is 0 Å². The quantitative estimate of drug-likeness (QED) is 0.385. The van der Waals surface area contributed by atoms with Gasteiger partial charge < -0.3 is 9.47 Å². The molecule has 0 amide bonds. The van der Waals surface area contributed by atoms with E-state index in [1.807, 2.05) is 31.2 Å². The Hall–Kier alpha value is -1.28. The Bertz CT molecular complexity index is 333. The molecule has 0 aliphatic carbocycles. The van der Waals surface area contributed by atoms with E-state index >= 15 is 0 Å². The highest BCUT2D eigenvalue weighted by Crippen LogP contribution is 2.16. The van der Waals surface area contributed by atoms with Gasteiger partial charge in [-0.3, -0.25) is 0 Å². The molecule has 0 bridgehead atoms. The standard InChI is InChI=1S/C15H22O2/c1-4-6-11-16-13(3)17-15-10-7-9-14(12-15)8-5-2/h5,7,9-10,12-13H,2,4,6,8,11H2,1,3H3. The smallest absolute Gasteiger partial charge is 0.196 e. The van der Waals surface area contributed by atoms with Gasteiger partial charge in [-0.2, -0.15) is 0 Å². The number of hydrogen-bond donors (Lipinski definition) is 0. The lowest BCUT2D eigenvalue weighted by Gasteiger charge is -2.15. The summed E-state index contributed by atoms with van der Waals surface area (Å²) in [6.07, 6.45) is 4.77. The van der Waals surface area contributed by atoms with Gasteiger partial charge >= 0.3 is 0 Å². The molecule has 94 valence electrons. The highest BCUT2D eigenvalue weighted by molar-refractivity contribution is 5.29. The average Bonchev–Trinajstić information content (AvgIpc) is 2.30. The van der Waals surface area contributed by atoms with E-state index in [0.29, 0.717) is 0 Å². The average molecular weight is 234 g/mol. The molecule has 1 atom stereocenters. The van der Waals surface area contributed by atoms with Gasteiger partial charge in [0.1, 0.15) is 5.75 Å². The summed E-state index contributed by atoms with van der Waals surface area (Å²) < 4.78 is 11.2. The Balaban J connectivity index is 2.44. The summed E-state index contributed by atoms with van der Waals surface area (Å²) in [7, 11) is 0. The third kappa shape index (κ3) is 5.55. The predicted molar refractivity (Wildman–Crippen MR) is 71.3 cm³/mol. The molecule has 0 aromatic heterocycles. The van der Waals surface area contributed by atoms with Crippen molar-refractivity contribution in [1.29, 1.82) is 0 Å². The largest absolute Gasteiger partial charge is 0.465 e. The van der Waals surface area contributed by atoms with Crippen LogP contribution >= 0.6 is 0 Å². The number of hydrogen-bond acceptors (Lipinski definition) is 2. The van der Waals surface area contributed by atoms with E-state index in [9.17, 15) is 0 Å². The lowest BCUT2D eigenvalue weighted by atomic mass is 10.1. The predicted octanol–water partition coefficient (Wildman–Crippen LogP) is 3.96. The van der Waals surface area contributed by atoms with Gasteiger partial charge in [0, 0.05) is 0 Å². The molecular weight excluding hydrogens is 212 g/mol. The molecule has 0 fully saturated rings. The van der Waals surface area contributed by atoms with Gasteiger partial charge in [0.25, 0.3) is 0 Å². The van der Waals surface area contributed by atoms with Gasteiger partial charge in [0.05, 0.1) is 6.61 Å². The second kappa shape index (κ2) is 7.91. The van der Waals surface area contributed by atoms with Crippen molar-refractivity contribution in [2.24, 2.45) is 0 Å². The number of allylic oxidation sites excluding steroid dienone is 1. The van der Waals surface area contributed by atoms with Crippen molar-refractivity contribution in [3.63, 3.8) is 0 Å². The van der Waals surface area contributed by atoms with E-state index in [2.05, 4.69) is 19.6 Å². The fourth-order valence-electron chi connectivity index (χ4n) is 1.53. The zero-order valence-corrected chi connectivity index (χ0v) is 10.8. The van der Waals surface area contributed by atoms with Crippen LogP contribution < -0.4 is 4.74 Å². The Labute approximate surface area is 104 Å². The molecule has 1 unspecified atom stereocenters. The van der Waals surface area contributed by atoms with Crippen LogP contribution in [0.1, 0.15) is 32.3 Å². The molecule has 0 radical (unpaired) electrons. The van der Waals surface area contributed by atoms with Gasteiger partial charge in [0.15, 0.2) is 6.29 Å². The van der Waals surface area contributed by atoms with Crippen LogP contribution in [-0.4, -0.2) is 12.9 Å². The lowest BCUT2D eigenvalue weighted by molar-refractivity contribution is -0.0673. The van der Waals surface area contributed by atoms with Crippen LogP contribution in [0.15, 0.2) is 36.9 Å². The van der Waals surface area contributed by atoms with Crippen LogP contribution in [0.25, 0.3) is 0 Å². The van der Waals surface area contributed by atoms with E-state index in [4.69, 9.17) is 9.47 Å². The Morgan fingerprint density at radius 1 is 1.41 bits per heavy atom. The van der Waals surface area contributed by atoms with E-state index < -0.39 is 0 Å². The van der Waals surface area contributed by atoms with Crippen molar-refractivity contribution in [2.45, 2.75) is 39.4 Å². The topological polar surface area (TPSA) is 18.5 Å². The molecule has 0 spiro atoms. The van der Waals surface area contributed by atoms with Gasteiger partial charge in [-0.15, -0.1) is 6.58 Å². The summed E-state index contributed by atoms with van der Waals surface area (Å²) in [5, 5.41) is 0. The molecule has 1 rings (SSSR count). The minimum atomic E-state index is -0.194. The second-order valence-electron chi connectivity index (χ2n) is 4.05. The van der Waals surface area contributed by atoms with Gasteiger partial charge in [-0.05, 0) is 37.5 Å². The number of unbranched alkanes of at least 4 members (excludes halogenated alkanes) is 1. The van der Waals surface area contributed by atoms with Crippen molar-refractivity contribution >= 4 is 0 Å². The number of rotatable bonds is 8. The first-order valence-electron chi connectivity index (χ1n) is 6.24. The van der Waals surface area contributed by atoms with Crippen LogP contribution in [0.3, 0.4) is 0 Å². The minimum absolute atomic E-state index is 0.194. The monoisotopic (exact) mass is 234 g/mol. The van der Waals surface area contributed by atoms with Gasteiger partial charge in [0.2, 0.25) is 0 Å². The Morgan fingerprint density at radius 2 is 2.24 bits per heavy atom. The molecule has 2 heteroatoms. The molecule has 0 aliphatic rings.